The molecule has 3 aromatic rings. The zero-order chi connectivity index (χ0) is 24.5. The average Bonchev–Trinajstić information content (AvgIpc) is 3.40. The maximum absolute atomic E-state index is 9.55. The highest BCUT2D eigenvalue weighted by atomic mass is 16.5. The van der Waals surface area contributed by atoms with Crippen molar-refractivity contribution in [2.75, 3.05) is 46.3 Å². The summed E-state index contributed by atoms with van der Waals surface area (Å²) in [7, 11) is 4.77. The van der Waals surface area contributed by atoms with Crippen LogP contribution in [0.1, 0.15) is 39.2 Å². The third-order valence-electron chi connectivity index (χ3n) is 6.64. The summed E-state index contributed by atoms with van der Waals surface area (Å²) in [6, 6.07) is 5.97. The Balaban J connectivity index is 1.67. The highest BCUT2D eigenvalue weighted by Gasteiger charge is 2.28. The van der Waals surface area contributed by atoms with Gasteiger partial charge in [-0.25, -0.2) is 9.50 Å². The molecule has 0 atom stereocenters. The smallest absolute Gasteiger partial charge is 0.203 e. The number of hydrogen-bond donors (Lipinski definition) is 2. The number of piperidine rings is 1. The third-order valence-corrected chi connectivity index (χ3v) is 6.64. The molecular weight excluding hydrogens is 432 g/mol. The summed E-state index contributed by atoms with van der Waals surface area (Å²) >= 11 is 0. The molecule has 0 saturated carbocycles. The van der Waals surface area contributed by atoms with Crippen LogP contribution in [0.5, 0.6) is 17.2 Å². The normalized spacial score (nSPS) is 15.3. The molecule has 182 valence electrons. The second-order valence-electron chi connectivity index (χ2n) is 9.66. The van der Waals surface area contributed by atoms with Gasteiger partial charge in [0.2, 0.25) is 5.75 Å². The summed E-state index contributed by atoms with van der Waals surface area (Å²) in [6.45, 7) is 9.84. The van der Waals surface area contributed by atoms with Crippen molar-refractivity contribution in [2.24, 2.45) is 5.92 Å². The molecule has 1 fully saturated rings. The molecule has 0 aliphatic carbocycles. The Hall–Kier alpha value is -3.38. The number of nitrogens with zero attached hydrogens (tertiary/aromatic N) is 4. The predicted molar refractivity (Wildman–Crippen MR) is 132 cm³/mol. The Labute approximate surface area is 200 Å². The van der Waals surface area contributed by atoms with E-state index in [1.54, 1.807) is 27.5 Å². The molecule has 2 N–H and O–H groups in total. The minimum atomic E-state index is 0.202. The van der Waals surface area contributed by atoms with Crippen molar-refractivity contribution in [3.8, 4) is 34.6 Å². The number of H-pyrrole nitrogens is 1. The molecule has 9 heteroatoms. The topological polar surface area (TPSA) is 99.8 Å². The van der Waals surface area contributed by atoms with Crippen molar-refractivity contribution < 1.29 is 14.2 Å². The summed E-state index contributed by atoms with van der Waals surface area (Å²) in [5.74, 6) is 2.99. The second-order valence-corrected chi connectivity index (χ2v) is 9.66. The molecule has 9 nitrogen and oxygen atoms in total. The quantitative estimate of drug-likeness (QED) is 0.540. The van der Waals surface area contributed by atoms with Gasteiger partial charge in [-0.05, 0) is 64.8 Å². The molecule has 0 amide bonds. The van der Waals surface area contributed by atoms with E-state index in [2.05, 4.69) is 42.2 Å². The van der Waals surface area contributed by atoms with Gasteiger partial charge < -0.3 is 19.5 Å². The molecule has 0 radical (unpaired) electrons. The zero-order valence-electron chi connectivity index (χ0n) is 20.9. The molecule has 34 heavy (non-hydrogen) atoms. The molecular formula is C25H34N6O3. The lowest BCUT2D eigenvalue weighted by Crippen LogP contribution is -2.46. The maximum Gasteiger partial charge on any atom is 0.203 e. The summed E-state index contributed by atoms with van der Waals surface area (Å²) in [6.07, 6.45) is 3.95. The van der Waals surface area contributed by atoms with Crippen LogP contribution < -0.4 is 19.5 Å². The van der Waals surface area contributed by atoms with Gasteiger partial charge in [0.25, 0.3) is 0 Å². The van der Waals surface area contributed by atoms with Crippen molar-refractivity contribution >= 4 is 11.5 Å². The first-order valence-electron chi connectivity index (χ1n) is 11.6. The van der Waals surface area contributed by atoms with Crippen molar-refractivity contribution in [2.45, 2.75) is 39.2 Å². The lowest BCUT2D eigenvalue weighted by atomic mass is 9.93. The molecule has 1 aliphatic heterocycles. The van der Waals surface area contributed by atoms with E-state index in [1.165, 1.54) is 0 Å². The number of aromatic nitrogens is 3. The van der Waals surface area contributed by atoms with Crippen LogP contribution in [0.3, 0.4) is 0 Å². The van der Waals surface area contributed by atoms with E-state index in [0.29, 0.717) is 34.4 Å². The van der Waals surface area contributed by atoms with Gasteiger partial charge >= 0.3 is 0 Å². The van der Waals surface area contributed by atoms with Gasteiger partial charge in [-0.1, -0.05) is 0 Å². The van der Waals surface area contributed by atoms with E-state index in [4.69, 9.17) is 19.2 Å². The Morgan fingerprint density at radius 3 is 2.29 bits per heavy atom. The molecule has 1 aromatic carbocycles. The predicted octanol–water partition coefficient (Wildman–Crippen LogP) is 4.15. The van der Waals surface area contributed by atoms with Gasteiger partial charge in [0.1, 0.15) is 17.3 Å². The monoisotopic (exact) mass is 466 g/mol. The number of aromatic amines is 1. The lowest BCUT2D eigenvalue weighted by molar-refractivity contribution is 0.0903. The fourth-order valence-corrected chi connectivity index (χ4v) is 4.63. The number of ether oxygens (including phenoxy) is 3. The van der Waals surface area contributed by atoms with Gasteiger partial charge in [0.15, 0.2) is 23.0 Å². The minimum absolute atomic E-state index is 0.202. The van der Waals surface area contributed by atoms with Crippen LogP contribution in [0.15, 0.2) is 18.3 Å². The lowest BCUT2D eigenvalue weighted by Gasteiger charge is -2.41. The number of methoxy groups -OCH3 is 3. The molecule has 2 aromatic heterocycles. The number of rotatable bonds is 7. The van der Waals surface area contributed by atoms with Gasteiger partial charge in [0.05, 0.1) is 21.3 Å². The fraction of sp³-hybridized carbons (Fsp3) is 0.520. The Morgan fingerprint density at radius 1 is 1.12 bits per heavy atom. The van der Waals surface area contributed by atoms with Crippen LogP contribution in [0.2, 0.25) is 0 Å². The van der Waals surface area contributed by atoms with E-state index < -0.39 is 0 Å². The Kier molecular flexibility index (Phi) is 6.62. The van der Waals surface area contributed by atoms with E-state index in [-0.39, 0.29) is 5.54 Å². The number of anilines is 1. The van der Waals surface area contributed by atoms with E-state index in [1.807, 2.05) is 16.6 Å². The standard InChI is InChI=1S/C25H34N6O3/c1-25(2,3)30-9-7-16(8-10-30)14-27-24-21(29-23-18(13-26)15-28-31(23)24)17-11-19(32-4)22(34-6)20(12-17)33-5/h11-12,15-16,27-28H,7-10,14H2,1-6H3. The summed E-state index contributed by atoms with van der Waals surface area (Å²) in [4.78, 5) is 7.36. The number of likely N-dealkylation sites (tertiary alicyclic amines) is 1. The molecule has 0 spiro atoms. The fourth-order valence-electron chi connectivity index (χ4n) is 4.63. The molecule has 0 bridgehead atoms. The van der Waals surface area contributed by atoms with Crippen LogP contribution in [-0.4, -0.2) is 66.0 Å². The van der Waals surface area contributed by atoms with Crippen LogP contribution in [0, 0.1) is 17.2 Å². The molecule has 0 unspecified atom stereocenters. The first-order valence-corrected chi connectivity index (χ1v) is 11.6. The van der Waals surface area contributed by atoms with Crippen LogP contribution in [0.25, 0.3) is 16.9 Å². The first kappa shape index (κ1) is 23.8. The van der Waals surface area contributed by atoms with Gasteiger partial charge in [-0.15, -0.1) is 0 Å². The van der Waals surface area contributed by atoms with Crippen molar-refractivity contribution in [1.82, 2.24) is 19.5 Å². The Morgan fingerprint density at radius 2 is 1.76 bits per heavy atom. The summed E-state index contributed by atoms with van der Waals surface area (Å²) < 4.78 is 18.4. The number of nitrogens with one attached hydrogen (secondary N) is 2. The van der Waals surface area contributed by atoms with Gasteiger partial charge in [0, 0.05) is 23.8 Å². The number of hydrogen-bond acceptors (Lipinski definition) is 7. The van der Waals surface area contributed by atoms with E-state index >= 15 is 0 Å². The summed E-state index contributed by atoms with van der Waals surface area (Å²) in [5, 5.41) is 16.3. The molecule has 4 rings (SSSR count). The molecule has 1 aliphatic rings. The van der Waals surface area contributed by atoms with Crippen LogP contribution >= 0.6 is 0 Å². The van der Waals surface area contributed by atoms with Crippen molar-refractivity contribution in [3.05, 3.63) is 23.9 Å². The van der Waals surface area contributed by atoms with Gasteiger partial charge in [-0.3, -0.25) is 10.00 Å². The minimum Gasteiger partial charge on any atom is -0.493 e. The summed E-state index contributed by atoms with van der Waals surface area (Å²) in [5.41, 5.74) is 2.79. The number of benzene rings is 1. The van der Waals surface area contributed by atoms with Crippen LogP contribution in [-0.2, 0) is 0 Å². The van der Waals surface area contributed by atoms with Crippen LogP contribution in [0.4, 0.5) is 5.82 Å². The van der Waals surface area contributed by atoms with Crippen molar-refractivity contribution in [1.29, 1.82) is 5.26 Å². The number of fused-ring (bicyclic) bond motifs is 1. The third kappa shape index (κ3) is 4.38. The zero-order valence-corrected chi connectivity index (χ0v) is 20.9. The first-order chi connectivity index (χ1) is 16.3. The highest BCUT2D eigenvalue weighted by Crippen LogP contribution is 2.42. The molecule has 1 saturated heterocycles. The maximum atomic E-state index is 9.55. The Bertz CT molecular complexity index is 1170. The second kappa shape index (κ2) is 9.47. The largest absolute Gasteiger partial charge is 0.493 e. The number of imidazole rings is 1. The SMILES string of the molecule is COc1cc(-c2nc3c(C#N)c[nH]n3c2NCC2CCN(C(C)(C)C)CC2)cc(OC)c1OC. The van der Waals surface area contributed by atoms with E-state index in [0.717, 1.165) is 49.6 Å². The average molecular weight is 467 g/mol. The molecule has 3 heterocycles. The number of nitriles is 1. The van der Waals surface area contributed by atoms with Gasteiger partial charge in [-0.2, -0.15) is 5.26 Å². The highest BCUT2D eigenvalue weighted by molar-refractivity contribution is 5.80. The van der Waals surface area contributed by atoms with Crippen molar-refractivity contribution in [3.63, 3.8) is 0 Å². The van der Waals surface area contributed by atoms with E-state index in [9.17, 15) is 5.26 Å².